The predicted octanol–water partition coefficient (Wildman–Crippen LogP) is 3.70. The maximum atomic E-state index is 13.2. The van der Waals surface area contributed by atoms with Crippen LogP contribution in [-0.4, -0.2) is 31.6 Å². The molecule has 1 saturated heterocycles. The van der Waals surface area contributed by atoms with Gasteiger partial charge in [0.05, 0.1) is 5.56 Å². The Balaban J connectivity index is 2.25. The van der Waals surface area contributed by atoms with E-state index >= 15 is 0 Å². The summed E-state index contributed by atoms with van der Waals surface area (Å²) < 4.78 is 39.7. The summed E-state index contributed by atoms with van der Waals surface area (Å²) in [6, 6.07) is 5.83. The molecule has 2 unspecified atom stereocenters. The van der Waals surface area contributed by atoms with Gasteiger partial charge < -0.3 is 5.32 Å². The van der Waals surface area contributed by atoms with Gasteiger partial charge in [0.15, 0.2) is 0 Å². The minimum atomic E-state index is -4.29. The molecule has 2 atom stereocenters. The van der Waals surface area contributed by atoms with Gasteiger partial charge in [0.2, 0.25) is 0 Å². The van der Waals surface area contributed by atoms with Gasteiger partial charge in [0.1, 0.15) is 0 Å². The van der Waals surface area contributed by atoms with Crippen molar-refractivity contribution in [3.8, 4) is 0 Å². The second-order valence-corrected chi connectivity index (χ2v) is 5.76. The van der Waals surface area contributed by atoms with E-state index in [0.29, 0.717) is 5.56 Å². The third-order valence-corrected chi connectivity index (χ3v) is 4.19. The van der Waals surface area contributed by atoms with E-state index in [2.05, 4.69) is 12.2 Å². The van der Waals surface area contributed by atoms with Crippen molar-refractivity contribution in [2.75, 3.05) is 26.7 Å². The Labute approximate surface area is 124 Å². The summed E-state index contributed by atoms with van der Waals surface area (Å²) in [5, 5.41) is 3.35. The van der Waals surface area contributed by atoms with Crippen molar-refractivity contribution in [2.45, 2.75) is 32.0 Å². The number of benzene rings is 1. The molecule has 1 heterocycles. The van der Waals surface area contributed by atoms with Crippen molar-refractivity contribution in [3.05, 3.63) is 35.4 Å². The Morgan fingerprint density at radius 3 is 2.67 bits per heavy atom. The predicted molar refractivity (Wildman–Crippen MR) is 78.1 cm³/mol. The summed E-state index contributed by atoms with van der Waals surface area (Å²) in [6.07, 6.45) is -2.32. The highest BCUT2D eigenvalue weighted by Gasteiger charge is 2.40. The van der Waals surface area contributed by atoms with Crippen molar-refractivity contribution in [3.63, 3.8) is 0 Å². The van der Waals surface area contributed by atoms with Crippen LogP contribution < -0.4 is 5.32 Å². The summed E-state index contributed by atoms with van der Waals surface area (Å²) in [5.74, 6) is 0.227. The average molecular weight is 300 g/mol. The quantitative estimate of drug-likeness (QED) is 0.834. The Morgan fingerprint density at radius 2 is 2.00 bits per heavy atom. The van der Waals surface area contributed by atoms with Crippen LogP contribution in [0.2, 0.25) is 0 Å². The number of hydrogen-bond acceptors (Lipinski definition) is 2. The smallest absolute Gasteiger partial charge is 0.316 e. The fourth-order valence-corrected chi connectivity index (χ4v) is 3.21. The molecular weight excluding hydrogens is 277 g/mol. The highest BCUT2D eigenvalue weighted by molar-refractivity contribution is 5.33. The van der Waals surface area contributed by atoms with Crippen LogP contribution in [0.15, 0.2) is 24.3 Å². The van der Waals surface area contributed by atoms with E-state index in [9.17, 15) is 13.2 Å². The van der Waals surface area contributed by atoms with Crippen LogP contribution >= 0.6 is 0 Å². The molecule has 0 amide bonds. The second kappa shape index (κ2) is 6.79. The normalized spacial score (nSPS) is 23.7. The summed E-state index contributed by atoms with van der Waals surface area (Å²) in [4.78, 5) is 2.04. The molecule has 2 rings (SSSR count). The fourth-order valence-electron chi connectivity index (χ4n) is 3.21. The van der Waals surface area contributed by atoms with E-state index in [1.807, 2.05) is 11.9 Å². The minimum Gasteiger partial charge on any atom is -0.316 e. The molecule has 0 bridgehead atoms. The Morgan fingerprint density at radius 1 is 1.29 bits per heavy atom. The number of likely N-dealkylation sites (tertiary alicyclic amines) is 1. The standard InChI is InChI=1S/C16H23F3N2/c1-3-9-20-11-12-8-10-21(2)15(12)13-6-4-5-7-14(13)16(17,18)19/h4-7,12,15,20H,3,8-11H2,1-2H3. The van der Waals surface area contributed by atoms with Crippen molar-refractivity contribution < 1.29 is 13.2 Å². The van der Waals surface area contributed by atoms with E-state index in [1.54, 1.807) is 12.1 Å². The molecule has 0 spiro atoms. The molecule has 2 nitrogen and oxygen atoms in total. The first-order valence-corrected chi connectivity index (χ1v) is 7.52. The Hall–Kier alpha value is -1.07. The lowest BCUT2D eigenvalue weighted by Crippen LogP contribution is -2.30. The van der Waals surface area contributed by atoms with E-state index in [0.717, 1.165) is 32.5 Å². The number of hydrogen-bond donors (Lipinski definition) is 1. The van der Waals surface area contributed by atoms with Crippen LogP contribution in [0, 0.1) is 5.92 Å². The van der Waals surface area contributed by atoms with E-state index in [-0.39, 0.29) is 12.0 Å². The number of nitrogens with zero attached hydrogens (tertiary/aromatic N) is 1. The number of nitrogens with one attached hydrogen (secondary N) is 1. The molecule has 0 radical (unpaired) electrons. The topological polar surface area (TPSA) is 15.3 Å². The molecule has 21 heavy (non-hydrogen) atoms. The first kappa shape index (κ1) is 16.3. The summed E-state index contributed by atoms with van der Waals surface area (Å²) >= 11 is 0. The van der Waals surface area contributed by atoms with Crippen LogP contribution in [0.25, 0.3) is 0 Å². The van der Waals surface area contributed by atoms with Crippen LogP contribution in [-0.2, 0) is 6.18 Å². The van der Waals surface area contributed by atoms with Crippen molar-refractivity contribution >= 4 is 0 Å². The van der Waals surface area contributed by atoms with Crippen LogP contribution in [0.3, 0.4) is 0 Å². The summed E-state index contributed by atoms with van der Waals surface area (Å²) in [7, 11) is 1.91. The zero-order valence-electron chi connectivity index (χ0n) is 12.6. The van der Waals surface area contributed by atoms with Gasteiger partial charge in [-0.2, -0.15) is 13.2 Å². The van der Waals surface area contributed by atoms with Crippen LogP contribution in [0.5, 0.6) is 0 Å². The van der Waals surface area contributed by atoms with Crippen molar-refractivity contribution in [1.82, 2.24) is 10.2 Å². The monoisotopic (exact) mass is 300 g/mol. The maximum absolute atomic E-state index is 13.2. The minimum absolute atomic E-state index is 0.160. The molecule has 0 aliphatic carbocycles. The Kier molecular flexibility index (Phi) is 5.27. The number of rotatable bonds is 5. The van der Waals surface area contributed by atoms with E-state index in [4.69, 9.17) is 0 Å². The van der Waals surface area contributed by atoms with Crippen molar-refractivity contribution in [1.29, 1.82) is 0 Å². The van der Waals surface area contributed by atoms with Gasteiger partial charge in [-0.25, -0.2) is 0 Å². The van der Waals surface area contributed by atoms with Gasteiger partial charge in [-0.3, -0.25) is 4.90 Å². The van der Waals surface area contributed by atoms with Gasteiger partial charge in [-0.1, -0.05) is 25.1 Å². The first-order valence-electron chi connectivity index (χ1n) is 7.52. The molecule has 1 aromatic rings. The highest BCUT2D eigenvalue weighted by Crippen LogP contribution is 2.42. The SMILES string of the molecule is CCCNCC1CCN(C)C1c1ccccc1C(F)(F)F. The lowest BCUT2D eigenvalue weighted by Gasteiger charge is -2.28. The third kappa shape index (κ3) is 3.77. The largest absolute Gasteiger partial charge is 0.416 e. The van der Waals surface area contributed by atoms with E-state index in [1.165, 1.54) is 12.1 Å². The lowest BCUT2D eigenvalue weighted by atomic mass is 9.90. The zero-order chi connectivity index (χ0) is 15.5. The molecule has 0 saturated carbocycles. The second-order valence-electron chi connectivity index (χ2n) is 5.76. The molecule has 0 aromatic heterocycles. The van der Waals surface area contributed by atoms with Gasteiger partial charge in [-0.05, 0) is 57.1 Å². The molecule has 1 aromatic carbocycles. The molecule has 1 fully saturated rings. The van der Waals surface area contributed by atoms with Crippen LogP contribution in [0.4, 0.5) is 13.2 Å². The van der Waals surface area contributed by atoms with Gasteiger partial charge in [-0.15, -0.1) is 0 Å². The summed E-state index contributed by atoms with van der Waals surface area (Å²) in [5.41, 5.74) is -0.0856. The fraction of sp³-hybridized carbons (Fsp3) is 0.625. The number of halogens is 3. The van der Waals surface area contributed by atoms with Gasteiger partial charge >= 0.3 is 6.18 Å². The van der Waals surface area contributed by atoms with E-state index < -0.39 is 11.7 Å². The molecular formula is C16H23F3N2. The zero-order valence-corrected chi connectivity index (χ0v) is 12.6. The van der Waals surface area contributed by atoms with Crippen molar-refractivity contribution in [2.24, 2.45) is 5.92 Å². The third-order valence-electron chi connectivity index (χ3n) is 4.19. The average Bonchev–Trinajstić information content (AvgIpc) is 2.79. The Bertz CT molecular complexity index is 459. The van der Waals surface area contributed by atoms with Gasteiger partial charge in [0, 0.05) is 6.04 Å². The summed E-state index contributed by atoms with van der Waals surface area (Å²) in [6.45, 7) is 4.61. The lowest BCUT2D eigenvalue weighted by molar-refractivity contribution is -0.138. The highest BCUT2D eigenvalue weighted by atomic mass is 19.4. The molecule has 5 heteroatoms. The number of alkyl halides is 3. The molecule has 1 aliphatic heterocycles. The maximum Gasteiger partial charge on any atom is 0.416 e. The van der Waals surface area contributed by atoms with Gasteiger partial charge in [0.25, 0.3) is 0 Å². The van der Waals surface area contributed by atoms with Crippen LogP contribution in [0.1, 0.15) is 36.9 Å². The molecule has 118 valence electrons. The molecule has 1 aliphatic rings. The molecule has 1 N–H and O–H groups in total. The first-order chi connectivity index (χ1) is 9.95.